The van der Waals surface area contributed by atoms with Gasteiger partial charge < -0.3 is 5.73 Å². The van der Waals surface area contributed by atoms with Crippen LogP contribution in [0.2, 0.25) is 0 Å². The maximum atomic E-state index is 12.2. The molecule has 3 N–H and O–H groups in total. The van der Waals surface area contributed by atoms with E-state index in [0.29, 0.717) is 17.1 Å². The van der Waals surface area contributed by atoms with Crippen molar-refractivity contribution in [1.82, 2.24) is 4.72 Å². The van der Waals surface area contributed by atoms with E-state index in [2.05, 4.69) is 11.6 Å². The molecule has 0 saturated heterocycles. The Kier molecular flexibility index (Phi) is 6.19. The van der Waals surface area contributed by atoms with Gasteiger partial charge in [-0.2, -0.15) is 0 Å². The van der Waals surface area contributed by atoms with Crippen molar-refractivity contribution in [2.24, 2.45) is 0 Å². The molecule has 23 heavy (non-hydrogen) atoms. The Morgan fingerprint density at radius 3 is 2.35 bits per heavy atom. The lowest BCUT2D eigenvalue weighted by molar-refractivity contribution is 0.573. The van der Waals surface area contributed by atoms with Gasteiger partial charge in [0, 0.05) is 12.2 Å². The molecule has 2 rings (SSSR count). The van der Waals surface area contributed by atoms with Crippen LogP contribution in [-0.2, 0) is 10.0 Å². The zero-order valence-electron chi connectivity index (χ0n) is 13.5. The predicted octanol–water partition coefficient (Wildman–Crippen LogP) is 3.79. The van der Waals surface area contributed by atoms with Crippen LogP contribution in [0.25, 0.3) is 11.1 Å². The van der Waals surface area contributed by atoms with Gasteiger partial charge in [-0.05, 0) is 41.8 Å². The van der Waals surface area contributed by atoms with Gasteiger partial charge in [0.15, 0.2) is 0 Å². The van der Waals surface area contributed by atoms with Crippen LogP contribution in [0.4, 0.5) is 5.69 Å². The Labute approximate surface area is 138 Å². The maximum Gasteiger partial charge on any atom is 0.240 e. The fourth-order valence-electron chi connectivity index (χ4n) is 2.39. The standard InChI is InChI=1S/C18H24N2O2S/c1-2-3-4-5-13-20-23(21,22)18-11-9-15(10-12-18)16-7-6-8-17(19)14-16/h6-12,14,20H,2-5,13,19H2,1H3. The minimum Gasteiger partial charge on any atom is -0.399 e. The average molecular weight is 332 g/mol. The molecule has 0 amide bonds. The number of nitrogens with two attached hydrogens (primary N) is 1. The number of rotatable bonds is 8. The van der Waals surface area contributed by atoms with Crippen LogP contribution < -0.4 is 10.5 Å². The van der Waals surface area contributed by atoms with Gasteiger partial charge in [0.05, 0.1) is 4.90 Å². The second-order valence-corrected chi connectivity index (χ2v) is 7.38. The van der Waals surface area contributed by atoms with Gasteiger partial charge in [0.1, 0.15) is 0 Å². The van der Waals surface area contributed by atoms with Crippen LogP contribution in [0.15, 0.2) is 53.4 Å². The molecule has 0 radical (unpaired) electrons. The normalized spacial score (nSPS) is 11.5. The zero-order chi connectivity index (χ0) is 16.7. The Balaban J connectivity index is 2.03. The van der Waals surface area contributed by atoms with Crippen molar-refractivity contribution < 1.29 is 8.42 Å². The van der Waals surface area contributed by atoms with Gasteiger partial charge >= 0.3 is 0 Å². The molecule has 4 nitrogen and oxygen atoms in total. The first-order valence-electron chi connectivity index (χ1n) is 7.98. The first-order chi connectivity index (χ1) is 11.0. The summed E-state index contributed by atoms with van der Waals surface area (Å²) >= 11 is 0. The van der Waals surface area contributed by atoms with Crippen molar-refractivity contribution in [1.29, 1.82) is 0 Å². The van der Waals surface area contributed by atoms with Crippen molar-refractivity contribution in [3.63, 3.8) is 0 Å². The summed E-state index contributed by atoms with van der Waals surface area (Å²) in [5, 5.41) is 0. The Hall–Kier alpha value is -1.85. The third-order valence-corrected chi connectivity index (χ3v) is 5.18. The highest BCUT2D eigenvalue weighted by Gasteiger charge is 2.13. The van der Waals surface area contributed by atoms with Crippen molar-refractivity contribution in [3.05, 3.63) is 48.5 Å². The van der Waals surface area contributed by atoms with E-state index in [1.807, 2.05) is 24.3 Å². The summed E-state index contributed by atoms with van der Waals surface area (Å²) in [6.07, 6.45) is 4.19. The molecule has 124 valence electrons. The number of sulfonamides is 1. The number of unbranched alkanes of at least 4 members (excludes halogenated alkanes) is 3. The summed E-state index contributed by atoms with van der Waals surface area (Å²) in [6, 6.07) is 14.4. The van der Waals surface area contributed by atoms with Crippen LogP contribution in [0.1, 0.15) is 32.6 Å². The molecule has 5 heteroatoms. The summed E-state index contributed by atoms with van der Waals surface area (Å²) in [7, 11) is -3.43. The second-order valence-electron chi connectivity index (χ2n) is 5.61. The number of benzene rings is 2. The minimum absolute atomic E-state index is 0.292. The molecular formula is C18H24N2O2S. The lowest BCUT2D eigenvalue weighted by atomic mass is 10.1. The lowest BCUT2D eigenvalue weighted by Crippen LogP contribution is -2.24. The fourth-order valence-corrected chi connectivity index (χ4v) is 3.46. The molecule has 0 saturated carbocycles. The van der Waals surface area contributed by atoms with Gasteiger partial charge in [0.2, 0.25) is 10.0 Å². The molecule has 2 aromatic carbocycles. The second kappa shape index (κ2) is 8.13. The lowest BCUT2D eigenvalue weighted by Gasteiger charge is -2.08. The summed E-state index contributed by atoms with van der Waals surface area (Å²) in [5.41, 5.74) is 8.38. The van der Waals surface area contributed by atoms with E-state index in [0.717, 1.165) is 36.8 Å². The molecule has 0 aliphatic heterocycles. The number of hydrogen-bond donors (Lipinski definition) is 2. The number of nitrogens with one attached hydrogen (secondary N) is 1. The third kappa shape index (κ3) is 5.08. The van der Waals surface area contributed by atoms with E-state index in [9.17, 15) is 8.42 Å². The number of anilines is 1. The molecule has 2 aromatic rings. The quantitative estimate of drug-likeness (QED) is 0.570. The average Bonchev–Trinajstić information content (AvgIpc) is 2.55. The predicted molar refractivity (Wildman–Crippen MR) is 95.6 cm³/mol. The van der Waals surface area contributed by atoms with E-state index in [1.54, 1.807) is 24.3 Å². The molecule has 0 aliphatic carbocycles. The topological polar surface area (TPSA) is 72.2 Å². The van der Waals surface area contributed by atoms with Gasteiger partial charge in [-0.15, -0.1) is 0 Å². The summed E-state index contributed by atoms with van der Waals surface area (Å²) in [5.74, 6) is 0. The Morgan fingerprint density at radius 1 is 0.957 bits per heavy atom. The molecule has 0 aliphatic rings. The van der Waals surface area contributed by atoms with E-state index in [-0.39, 0.29) is 0 Å². The van der Waals surface area contributed by atoms with E-state index >= 15 is 0 Å². The Bertz CT molecular complexity index is 725. The monoisotopic (exact) mass is 332 g/mol. The Morgan fingerprint density at radius 2 is 1.70 bits per heavy atom. The molecule has 0 aromatic heterocycles. The molecule has 0 heterocycles. The molecule has 0 fully saturated rings. The molecular weight excluding hydrogens is 308 g/mol. The van der Waals surface area contributed by atoms with Crippen LogP contribution >= 0.6 is 0 Å². The zero-order valence-corrected chi connectivity index (χ0v) is 14.3. The molecule has 0 spiro atoms. The summed E-state index contributed by atoms with van der Waals surface area (Å²) in [6.45, 7) is 2.62. The first-order valence-corrected chi connectivity index (χ1v) is 9.47. The van der Waals surface area contributed by atoms with Gasteiger partial charge in [-0.3, -0.25) is 0 Å². The van der Waals surface area contributed by atoms with Crippen LogP contribution in [0.5, 0.6) is 0 Å². The summed E-state index contributed by atoms with van der Waals surface area (Å²) < 4.78 is 27.1. The maximum absolute atomic E-state index is 12.2. The number of hydrogen-bond acceptors (Lipinski definition) is 3. The highest BCUT2D eigenvalue weighted by molar-refractivity contribution is 7.89. The van der Waals surface area contributed by atoms with Crippen LogP contribution in [0.3, 0.4) is 0 Å². The molecule has 0 atom stereocenters. The van der Waals surface area contributed by atoms with Gasteiger partial charge in [0.25, 0.3) is 0 Å². The van der Waals surface area contributed by atoms with Crippen molar-refractivity contribution in [2.75, 3.05) is 12.3 Å². The van der Waals surface area contributed by atoms with E-state index < -0.39 is 10.0 Å². The van der Waals surface area contributed by atoms with Crippen LogP contribution in [-0.4, -0.2) is 15.0 Å². The highest BCUT2D eigenvalue weighted by atomic mass is 32.2. The van der Waals surface area contributed by atoms with Crippen molar-refractivity contribution >= 4 is 15.7 Å². The fraction of sp³-hybridized carbons (Fsp3) is 0.333. The first kappa shape index (κ1) is 17.5. The highest BCUT2D eigenvalue weighted by Crippen LogP contribution is 2.23. The van der Waals surface area contributed by atoms with Crippen LogP contribution in [0, 0.1) is 0 Å². The molecule has 0 unspecified atom stereocenters. The smallest absolute Gasteiger partial charge is 0.240 e. The minimum atomic E-state index is -3.43. The van der Waals surface area contributed by atoms with E-state index in [4.69, 9.17) is 5.73 Å². The van der Waals surface area contributed by atoms with Crippen molar-refractivity contribution in [2.45, 2.75) is 37.5 Å². The molecule has 0 bridgehead atoms. The summed E-state index contributed by atoms with van der Waals surface area (Å²) in [4.78, 5) is 0.292. The van der Waals surface area contributed by atoms with E-state index in [1.165, 1.54) is 0 Å². The largest absolute Gasteiger partial charge is 0.399 e. The SMILES string of the molecule is CCCCCCNS(=O)(=O)c1ccc(-c2cccc(N)c2)cc1. The number of nitrogen functional groups attached to an aromatic ring is 1. The van der Waals surface area contributed by atoms with Gasteiger partial charge in [-0.25, -0.2) is 13.1 Å². The van der Waals surface area contributed by atoms with Gasteiger partial charge in [-0.1, -0.05) is 50.5 Å². The van der Waals surface area contributed by atoms with Crippen molar-refractivity contribution in [3.8, 4) is 11.1 Å². The third-order valence-electron chi connectivity index (χ3n) is 3.71.